The molecule has 3 nitrogen and oxygen atoms in total. The van der Waals surface area contributed by atoms with E-state index in [1.165, 1.54) is 44.9 Å². The highest BCUT2D eigenvalue weighted by Crippen LogP contribution is 2.40. The van der Waals surface area contributed by atoms with Crippen LogP contribution in [0, 0.1) is 11.8 Å². The zero-order valence-electron chi connectivity index (χ0n) is 11.1. The van der Waals surface area contributed by atoms with E-state index in [4.69, 9.17) is 11.6 Å². The SMILES string of the molecule is CC1CCC(CCn2c(Cl)nnc2C2CC2)CC1. The molecule has 0 saturated heterocycles. The lowest BCUT2D eigenvalue weighted by Gasteiger charge is -2.26. The van der Waals surface area contributed by atoms with Crippen LogP contribution in [0.5, 0.6) is 0 Å². The summed E-state index contributed by atoms with van der Waals surface area (Å²) in [6.07, 6.45) is 9.33. The summed E-state index contributed by atoms with van der Waals surface area (Å²) in [5, 5.41) is 8.85. The molecule has 0 aliphatic heterocycles. The Kier molecular flexibility index (Phi) is 3.60. The van der Waals surface area contributed by atoms with Gasteiger partial charge in [0.1, 0.15) is 5.82 Å². The van der Waals surface area contributed by atoms with E-state index in [1.54, 1.807) is 0 Å². The van der Waals surface area contributed by atoms with Crippen molar-refractivity contribution < 1.29 is 0 Å². The first-order valence-electron chi connectivity index (χ1n) is 7.32. The average Bonchev–Trinajstić information content (AvgIpc) is 3.14. The summed E-state index contributed by atoms with van der Waals surface area (Å²) in [5.41, 5.74) is 0. The zero-order valence-corrected chi connectivity index (χ0v) is 11.9. The lowest BCUT2D eigenvalue weighted by molar-refractivity contribution is 0.268. The molecule has 4 heteroatoms. The molecular weight excluding hydrogens is 246 g/mol. The highest BCUT2D eigenvalue weighted by molar-refractivity contribution is 6.28. The number of rotatable bonds is 4. The van der Waals surface area contributed by atoms with Crippen molar-refractivity contribution in [3.8, 4) is 0 Å². The fourth-order valence-electron chi connectivity index (χ4n) is 3.07. The fourth-order valence-corrected chi connectivity index (χ4v) is 3.28. The Morgan fingerprint density at radius 3 is 2.50 bits per heavy atom. The second-order valence-electron chi connectivity index (χ2n) is 6.17. The molecule has 3 rings (SSSR count). The predicted molar refractivity (Wildman–Crippen MR) is 72.7 cm³/mol. The monoisotopic (exact) mass is 267 g/mol. The van der Waals surface area contributed by atoms with Crippen molar-refractivity contribution >= 4 is 11.6 Å². The van der Waals surface area contributed by atoms with Crippen molar-refractivity contribution in [1.29, 1.82) is 0 Å². The third kappa shape index (κ3) is 2.71. The van der Waals surface area contributed by atoms with Crippen LogP contribution in [-0.2, 0) is 6.54 Å². The van der Waals surface area contributed by atoms with Gasteiger partial charge in [0, 0.05) is 12.5 Å². The summed E-state index contributed by atoms with van der Waals surface area (Å²) in [4.78, 5) is 0. The summed E-state index contributed by atoms with van der Waals surface area (Å²) >= 11 is 6.15. The van der Waals surface area contributed by atoms with E-state index in [9.17, 15) is 0 Å². The molecule has 0 bridgehead atoms. The van der Waals surface area contributed by atoms with E-state index in [-0.39, 0.29) is 0 Å². The van der Waals surface area contributed by atoms with Crippen molar-refractivity contribution in [2.45, 2.75) is 64.3 Å². The zero-order chi connectivity index (χ0) is 12.5. The minimum absolute atomic E-state index is 0.584. The quantitative estimate of drug-likeness (QED) is 0.825. The Morgan fingerprint density at radius 1 is 1.11 bits per heavy atom. The van der Waals surface area contributed by atoms with E-state index in [2.05, 4.69) is 21.7 Å². The van der Waals surface area contributed by atoms with Crippen molar-refractivity contribution in [1.82, 2.24) is 14.8 Å². The number of halogens is 1. The van der Waals surface area contributed by atoms with Gasteiger partial charge in [0.05, 0.1) is 0 Å². The summed E-state index contributed by atoms with van der Waals surface area (Å²) in [6.45, 7) is 3.38. The van der Waals surface area contributed by atoms with Gasteiger partial charge in [-0.3, -0.25) is 0 Å². The molecule has 2 fully saturated rings. The maximum Gasteiger partial charge on any atom is 0.225 e. The van der Waals surface area contributed by atoms with E-state index in [0.29, 0.717) is 11.2 Å². The van der Waals surface area contributed by atoms with Crippen molar-refractivity contribution in [3.05, 3.63) is 11.1 Å². The molecule has 0 unspecified atom stereocenters. The molecule has 0 N–H and O–H groups in total. The van der Waals surface area contributed by atoms with E-state index < -0.39 is 0 Å². The van der Waals surface area contributed by atoms with Crippen LogP contribution in [0.4, 0.5) is 0 Å². The molecule has 0 spiro atoms. The van der Waals surface area contributed by atoms with Crippen LogP contribution < -0.4 is 0 Å². The molecular formula is C14H22ClN3. The van der Waals surface area contributed by atoms with Crippen molar-refractivity contribution in [3.63, 3.8) is 0 Å². The highest BCUT2D eigenvalue weighted by atomic mass is 35.5. The second kappa shape index (κ2) is 5.20. The van der Waals surface area contributed by atoms with E-state index in [1.807, 2.05) is 0 Å². The number of nitrogens with zero attached hydrogens (tertiary/aromatic N) is 3. The Morgan fingerprint density at radius 2 is 1.83 bits per heavy atom. The minimum atomic E-state index is 0.584. The lowest BCUT2D eigenvalue weighted by Crippen LogP contribution is -2.15. The van der Waals surface area contributed by atoms with Gasteiger partial charge in [-0.05, 0) is 42.7 Å². The summed E-state index contributed by atoms with van der Waals surface area (Å²) in [5.74, 6) is 3.58. The molecule has 1 heterocycles. The Bertz CT molecular complexity index is 403. The van der Waals surface area contributed by atoms with Gasteiger partial charge in [0.25, 0.3) is 0 Å². The normalized spacial score (nSPS) is 28.6. The third-order valence-electron chi connectivity index (χ3n) is 4.57. The maximum atomic E-state index is 6.15. The van der Waals surface area contributed by atoms with Gasteiger partial charge in [-0.15, -0.1) is 10.2 Å². The van der Waals surface area contributed by atoms with Crippen LogP contribution in [0.1, 0.15) is 63.6 Å². The second-order valence-corrected chi connectivity index (χ2v) is 6.51. The standard InChI is InChI=1S/C14H22ClN3/c1-10-2-4-11(5-3-10)8-9-18-13(12-6-7-12)16-17-14(18)15/h10-12H,2-9H2,1H3. The largest absolute Gasteiger partial charge is 0.302 e. The highest BCUT2D eigenvalue weighted by Gasteiger charge is 2.30. The van der Waals surface area contributed by atoms with Crippen molar-refractivity contribution in [2.75, 3.05) is 0 Å². The Balaban J connectivity index is 1.57. The van der Waals surface area contributed by atoms with Gasteiger partial charge >= 0.3 is 0 Å². The smallest absolute Gasteiger partial charge is 0.225 e. The van der Waals surface area contributed by atoms with Gasteiger partial charge in [-0.1, -0.05) is 32.6 Å². The van der Waals surface area contributed by atoms with Crippen LogP contribution >= 0.6 is 11.6 Å². The van der Waals surface area contributed by atoms with Crippen molar-refractivity contribution in [2.24, 2.45) is 11.8 Å². The summed E-state index contributed by atoms with van der Waals surface area (Å²) < 4.78 is 2.15. The van der Waals surface area contributed by atoms with Gasteiger partial charge in [-0.25, -0.2) is 0 Å². The molecule has 0 aromatic carbocycles. The van der Waals surface area contributed by atoms with Gasteiger partial charge in [0.2, 0.25) is 5.28 Å². The first-order chi connectivity index (χ1) is 8.74. The first-order valence-corrected chi connectivity index (χ1v) is 7.70. The van der Waals surface area contributed by atoms with Crippen LogP contribution in [0.3, 0.4) is 0 Å². The molecule has 2 aliphatic rings. The molecule has 2 saturated carbocycles. The van der Waals surface area contributed by atoms with Crippen LogP contribution in [0.2, 0.25) is 5.28 Å². The van der Waals surface area contributed by atoms with E-state index >= 15 is 0 Å². The number of aromatic nitrogens is 3. The molecule has 0 radical (unpaired) electrons. The molecule has 2 aliphatic carbocycles. The number of hydrogen-bond acceptors (Lipinski definition) is 2. The molecule has 1 aromatic heterocycles. The minimum Gasteiger partial charge on any atom is -0.302 e. The Labute approximate surface area is 114 Å². The molecule has 1 aromatic rings. The maximum absolute atomic E-state index is 6.15. The van der Waals surface area contributed by atoms with Crippen LogP contribution in [0.25, 0.3) is 0 Å². The Hall–Kier alpha value is -0.570. The number of hydrogen-bond donors (Lipinski definition) is 0. The molecule has 0 atom stereocenters. The fraction of sp³-hybridized carbons (Fsp3) is 0.857. The van der Waals surface area contributed by atoms with Crippen LogP contribution in [-0.4, -0.2) is 14.8 Å². The molecule has 18 heavy (non-hydrogen) atoms. The van der Waals surface area contributed by atoms with Gasteiger partial charge in [-0.2, -0.15) is 0 Å². The van der Waals surface area contributed by atoms with Gasteiger partial charge in [0.15, 0.2) is 0 Å². The van der Waals surface area contributed by atoms with Gasteiger partial charge < -0.3 is 4.57 Å². The summed E-state index contributed by atoms with van der Waals surface area (Å²) in [7, 11) is 0. The topological polar surface area (TPSA) is 30.7 Å². The summed E-state index contributed by atoms with van der Waals surface area (Å²) in [6, 6.07) is 0. The molecule has 100 valence electrons. The van der Waals surface area contributed by atoms with Crippen LogP contribution in [0.15, 0.2) is 0 Å². The molecule has 0 amide bonds. The lowest BCUT2D eigenvalue weighted by atomic mass is 9.81. The third-order valence-corrected chi connectivity index (χ3v) is 4.85. The first kappa shape index (κ1) is 12.5. The average molecular weight is 268 g/mol. The predicted octanol–water partition coefficient (Wildman–Crippen LogP) is 4.03. The van der Waals surface area contributed by atoms with E-state index in [0.717, 1.165) is 24.2 Å².